The van der Waals surface area contributed by atoms with Gasteiger partial charge in [0.15, 0.2) is 10.9 Å². The number of benzene rings is 7. The number of ether oxygens (including phenoxy) is 2. The van der Waals surface area contributed by atoms with Crippen LogP contribution in [0.2, 0.25) is 0 Å². The molecule has 0 fully saturated rings. The van der Waals surface area contributed by atoms with Crippen LogP contribution in [0.15, 0.2) is 167 Å². The van der Waals surface area contributed by atoms with Crippen molar-refractivity contribution in [3.8, 4) is 34.0 Å². The van der Waals surface area contributed by atoms with E-state index in [0.717, 1.165) is 55.3 Å². The van der Waals surface area contributed by atoms with E-state index < -0.39 is 0 Å². The van der Waals surface area contributed by atoms with Crippen LogP contribution in [0, 0.1) is 0 Å². The number of pyridine rings is 2. The lowest BCUT2D eigenvalue weighted by Gasteiger charge is -2.11. The Morgan fingerprint density at radius 1 is 0.404 bits per heavy atom. The largest absolute Gasteiger partial charge is 0.489 e. The van der Waals surface area contributed by atoms with Crippen LogP contribution in [0.25, 0.3) is 65.9 Å². The van der Waals surface area contributed by atoms with Crippen LogP contribution in [0.3, 0.4) is 0 Å². The smallest absolute Gasteiger partial charge is 0.190 e. The van der Waals surface area contributed by atoms with Crippen molar-refractivity contribution < 1.29 is 9.47 Å². The molecular weight excluding hydrogens is 645 g/mol. The second kappa shape index (κ2) is 13.1. The Morgan fingerprint density at radius 2 is 0.808 bits per heavy atom. The molecule has 0 aliphatic carbocycles. The Labute approximate surface area is 298 Å². The van der Waals surface area contributed by atoms with E-state index in [-0.39, 0.29) is 10.9 Å². The highest BCUT2D eigenvalue weighted by molar-refractivity contribution is 5.97. The lowest BCUT2D eigenvalue weighted by molar-refractivity contribution is 0.306. The molecule has 0 saturated heterocycles. The fourth-order valence-corrected chi connectivity index (χ4v) is 6.75. The molecule has 0 bridgehead atoms. The standard InChI is InChI=1S/C46H32N2O4/c49-45-25-41(35-13-11-33-21-37(17-15-31(33)19-35)51-27-29-7-3-1-4-8-29)47-43-23-40-44(24-39(43)45)48-42(26-46(40)50)36-14-12-34-22-38(18-16-32(34)20-36)52-28-30-9-5-2-6-10-30/h1-26H,27-28H2,(H,47,49)(H,48,50). The number of fused-ring (bicyclic) bond motifs is 4. The number of rotatable bonds is 8. The van der Waals surface area contributed by atoms with E-state index in [0.29, 0.717) is 46.4 Å². The third kappa shape index (κ3) is 6.18. The summed E-state index contributed by atoms with van der Waals surface area (Å²) in [5.41, 5.74) is 6.29. The number of H-pyrrole nitrogens is 2. The van der Waals surface area contributed by atoms with Gasteiger partial charge in [0.2, 0.25) is 0 Å². The van der Waals surface area contributed by atoms with Gasteiger partial charge in [-0.3, -0.25) is 9.59 Å². The van der Waals surface area contributed by atoms with E-state index in [1.807, 2.05) is 121 Å². The Bertz CT molecular complexity index is 2700. The number of nitrogens with one attached hydrogen (secondary N) is 2. The van der Waals surface area contributed by atoms with E-state index in [2.05, 4.69) is 22.1 Å². The van der Waals surface area contributed by atoms with Gasteiger partial charge < -0.3 is 19.4 Å². The Balaban J connectivity index is 0.988. The number of aromatic nitrogens is 2. The van der Waals surface area contributed by atoms with E-state index in [1.54, 1.807) is 24.3 Å². The predicted molar refractivity (Wildman–Crippen MR) is 210 cm³/mol. The lowest BCUT2D eigenvalue weighted by Crippen LogP contribution is -2.07. The average molecular weight is 677 g/mol. The van der Waals surface area contributed by atoms with Gasteiger partial charge in [0, 0.05) is 34.3 Å². The van der Waals surface area contributed by atoms with Crippen LogP contribution >= 0.6 is 0 Å². The molecule has 9 rings (SSSR count). The molecule has 2 heterocycles. The quantitative estimate of drug-likeness (QED) is 0.157. The predicted octanol–water partition coefficient (Wildman–Crippen LogP) is 10.2. The minimum absolute atomic E-state index is 0.127. The summed E-state index contributed by atoms with van der Waals surface area (Å²) >= 11 is 0. The monoisotopic (exact) mass is 676 g/mol. The molecule has 7 aromatic carbocycles. The van der Waals surface area contributed by atoms with E-state index in [9.17, 15) is 9.59 Å². The summed E-state index contributed by atoms with van der Waals surface area (Å²) in [7, 11) is 0. The minimum atomic E-state index is -0.127. The molecule has 52 heavy (non-hydrogen) atoms. The summed E-state index contributed by atoms with van der Waals surface area (Å²) in [5.74, 6) is 1.59. The fraction of sp³-hybridized carbons (Fsp3) is 0.0435. The molecule has 250 valence electrons. The van der Waals surface area contributed by atoms with Crippen molar-refractivity contribution in [2.24, 2.45) is 0 Å². The van der Waals surface area contributed by atoms with Gasteiger partial charge in [-0.2, -0.15) is 0 Å². The summed E-state index contributed by atoms with van der Waals surface area (Å²) in [6.07, 6.45) is 0. The highest BCUT2D eigenvalue weighted by Crippen LogP contribution is 2.30. The molecule has 0 atom stereocenters. The van der Waals surface area contributed by atoms with Gasteiger partial charge in [0.25, 0.3) is 0 Å². The number of hydrogen-bond donors (Lipinski definition) is 2. The first-order valence-electron chi connectivity index (χ1n) is 17.2. The SMILES string of the molecule is O=c1cc(-c2ccc3cc(OCc4ccccc4)ccc3c2)[nH]c2cc3c(=O)cc(-c4ccc5cc(OCc6ccccc6)ccc5c4)[nH]c3cc12. The highest BCUT2D eigenvalue weighted by Gasteiger charge is 2.12. The van der Waals surface area contributed by atoms with Crippen LogP contribution in [0.1, 0.15) is 11.1 Å². The molecule has 0 saturated carbocycles. The molecule has 2 N–H and O–H groups in total. The molecule has 0 unspecified atom stereocenters. The normalized spacial score (nSPS) is 11.4. The van der Waals surface area contributed by atoms with Crippen LogP contribution in [-0.2, 0) is 13.2 Å². The zero-order chi connectivity index (χ0) is 35.0. The number of aromatic amines is 2. The third-order valence-corrected chi connectivity index (χ3v) is 9.52. The van der Waals surface area contributed by atoms with Crippen molar-refractivity contribution in [2.45, 2.75) is 13.2 Å². The maximum Gasteiger partial charge on any atom is 0.190 e. The average Bonchev–Trinajstić information content (AvgIpc) is 3.19. The molecule has 6 nitrogen and oxygen atoms in total. The molecule has 9 aromatic rings. The van der Waals surface area contributed by atoms with Crippen LogP contribution in [-0.4, -0.2) is 9.97 Å². The van der Waals surface area contributed by atoms with Crippen LogP contribution in [0.4, 0.5) is 0 Å². The Morgan fingerprint density at radius 3 is 1.25 bits per heavy atom. The van der Waals surface area contributed by atoms with Crippen molar-refractivity contribution in [1.82, 2.24) is 9.97 Å². The van der Waals surface area contributed by atoms with Gasteiger partial charge >= 0.3 is 0 Å². The third-order valence-electron chi connectivity index (χ3n) is 9.52. The van der Waals surface area contributed by atoms with Gasteiger partial charge in [-0.05, 0) is 92.3 Å². The summed E-state index contributed by atoms with van der Waals surface area (Å²) in [6.45, 7) is 0.996. The summed E-state index contributed by atoms with van der Waals surface area (Å²) < 4.78 is 12.0. The van der Waals surface area contributed by atoms with Crippen molar-refractivity contribution in [3.63, 3.8) is 0 Å². The minimum Gasteiger partial charge on any atom is -0.489 e. The molecule has 2 aromatic heterocycles. The van der Waals surface area contributed by atoms with Crippen molar-refractivity contribution in [1.29, 1.82) is 0 Å². The Kier molecular flexibility index (Phi) is 7.82. The maximum atomic E-state index is 13.5. The molecule has 0 amide bonds. The zero-order valence-electron chi connectivity index (χ0n) is 28.1. The lowest BCUT2D eigenvalue weighted by atomic mass is 10.0. The molecular formula is C46H32N2O4. The zero-order valence-corrected chi connectivity index (χ0v) is 28.1. The first-order valence-corrected chi connectivity index (χ1v) is 17.2. The van der Waals surface area contributed by atoms with E-state index >= 15 is 0 Å². The van der Waals surface area contributed by atoms with Gasteiger partial charge in [-0.15, -0.1) is 0 Å². The molecule has 0 aliphatic heterocycles. The van der Waals surface area contributed by atoms with Gasteiger partial charge in [0.05, 0.1) is 11.0 Å². The maximum absolute atomic E-state index is 13.5. The van der Waals surface area contributed by atoms with Gasteiger partial charge in [-0.1, -0.05) is 97.1 Å². The molecule has 0 radical (unpaired) electrons. The van der Waals surface area contributed by atoms with Crippen molar-refractivity contribution in [3.05, 3.63) is 189 Å². The topological polar surface area (TPSA) is 84.2 Å². The molecule has 0 spiro atoms. The fourth-order valence-electron chi connectivity index (χ4n) is 6.75. The van der Waals surface area contributed by atoms with Crippen LogP contribution < -0.4 is 20.3 Å². The van der Waals surface area contributed by atoms with E-state index in [4.69, 9.17) is 9.47 Å². The van der Waals surface area contributed by atoms with Crippen molar-refractivity contribution >= 4 is 43.4 Å². The van der Waals surface area contributed by atoms with Crippen molar-refractivity contribution in [2.75, 3.05) is 0 Å². The summed E-state index contributed by atoms with van der Waals surface area (Å²) in [4.78, 5) is 33.9. The summed E-state index contributed by atoms with van der Waals surface area (Å²) in [6, 6.07) is 51.1. The van der Waals surface area contributed by atoms with Gasteiger partial charge in [0.1, 0.15) is 24.7 Å². The van der Waals surface area contributed by atoms with E-state index in [1.165, 1.54) is 0 Å². The number of hydrogen-bond acceptors (Lipinski definition) is 4. The second-order valence-corrected chi connectivity index (χ2v) is 13.0. The molecule has 0 aliphatic rings. The summed E-state index contributed by atoms with van der Waals surface area (Å²) in [5, 5.41) is 5.14. The van der Waals surface area contributed by atoms with Crippen LogP contribution in [0.5, 0.6) is 11.5 Å². The first kappa shape index (κ1) is 31.1. The Hall–Kier alpha value is -6.92. The molecule has 6 heteroatoms. The second-order valence-electron chi connectivity index (χ2n) is 13.0. The highest BCUT2D eigenvalue weighted by atomic mass is 16.5. The first-order chi connectivity index (χ1) is 25.5. The van der Waals surface area contributed by atoms with Gasteiger partial charge in [-0.25, -0.2) is 0 Å².